The number of ether oxygens (including phenoxy) is 1. The van der Waals surface area contributed by atoms with Crippen LogP contribution in [0.25, 0.3) is 0 Å². The normalized spacial score (nSPS) is 18.8. The largest absolute Gasteiger partial charge is 0.381 e. The number of hydrogen-bond donors (Lipinski definition) is 1. The van der Waals surface area contributed by atoms with Crippen molar-refractivity contribution in [3.05, 3.63) is 18.0 Å². The van der Waals surface area contributed by atoms with Crippen LogP contribution in [-0.2, 0) is 11.3 Å². The van der Waals surface area contributed by atoms with E-state index in [4.69, 9.17) is 10.5 Å². The molecular formula is C13H21N3O2. The molecule has 18 heavy (non-hydrogen) atoms. The van der Waals surface area contributed by atoms with Gasteiger partial charge in [-0.2, -0.15) is 5.10 Å². The van der Waals surface area contributed by atoms with Crippen LogP contribution >= 0.6 is 0 Å². The molecule has 1 aliphatic rings. The van der Waals surface area contributed by atoms with Gasteiger partial charge in [0, 0.05) is 32.5 Å². The number of nitrogens with zero attached hydrogens (tertiary/aromatic N) is 2. The highest BCUT2D eigenvalue weighted by atomic mass is 16.5. The second-order valence-corrected chi connectivity index (χ2v) is 4.87. The number of aromatic nitrogens is 2. The molecule has 1 fully saturated rings. The molecule has 1 aromatic heterocycles. The maximum Gasteiger partial charge on any atom is 0.188 e. The van der Waals surface area contributed by atoms with E-state index in [2.05, 4.69) is 12.0 Å². The van der Waals surface area contributed by atoms with Crippen molar-refractivity contribution >= 4 is 5.78 Å². The van der Waals surface area contributed by atoms with Gasteiger partial charge in [-0.05, 0) is 25.3 Å². The molecule has 0 bridgehead atoms. The summed E-state index contributed by atoms with van der Waals surface area (Å²) in [6.07, 6.45) is 4.06. The monoisotopic (exact) mass is 251 g/mol. The highest BCUT2D eigenvalue weighted by Crippen LogP contribution is 2.33. The van der Waals surface area contributed by atoms with Gasteiger partial charge >= 0.3 is 0 Å². The van der Waals surface area contributed by atoms with Crippen molar-refractivity contribution in [3.8, 4) is 0 Å². The zero-order valence-corrected chi connectivity index (χ0v) is 10.9. The fourth-order valence-corrected chi connectivity index (χ4v) is 2.47. The number of rotatable bonds is 5. The summed E-state index contributed by atoms with van der Waals surface area (Å²) in [7, 11) is 0. The van der Waals surface area contributed by atoms with Gasteiger partial charge in [-0.1, -0.05) is 6.92 Å². The molecule has 0 atom stereocenters. The van der Waals surface area contributed by atoms with Crippen LogP contribution in [0.3, 0.4) is 0 Å². The van der Waals surface area contributed by atoms with Gasteiger partial charge in [0.25, 0.3) is 0 Å². The lowest BCUT2D eigenvalue weighted by molar-refractivity contribution is 0.0194. The van der Waals surface area contributed by atoms with Gasteiger partial charge < -0.3 is 10.5 Å². The molecule has 5 heteroatoms. The number of hydrogen-bond acceptors (Lipinski definition) is 4. The second kappa shape index (κ2) is 5.63. The number of ketones is 1. The lowest BCUT2D eigenvalue weighted by Gasteiger charge is -2.34. The minimum absolute atomic E-state index is 0.124. The zero-order valence-electron chi connectivity index (χ0n) is 10.9. The van der Waals surface area contributed by atoms with Crippen molar-refractivity contribution in [2.24, 2.45) is 11.1 Å². The Morgan fingerprint density at radius 3 is 2.89 bits per heavy atom. The maximum absolute atomic E-state index is 12.7. The molecular weight excluding hydrogens is 230 g/mol. The van der Waals surface area contributed by atoms with Crippen LogP contribution < -0.4 is 5.73 Å². The fraction of sp³-hybridized carbons (Fsp3) is 0.692. The Hall–Kier alpha value is -1.20. The molecule has 0 saturated carbocycles. The van der Waals surface area contributed by atoms with Crippen molar-refractivity contribution in [2.75, 3.05) is 19.8 Å². The van der Waals surface area contributed by atoms with Gasteiger partial charge in [-0.15, -0.1) is 0 Å². The first kappa shape index (κ1) is 13.2. The van der Waals surface area contributed by atoms with Crippen LogP contribution in [0.1, 0.15) is 36.7 Å². The summed E-state index contributed by atoms with van der Waals surface area (Å²) in [5, 5.41) is 4.21. The van der Waals surface area contributed by atoms with E-state index < -0.39 is 5.41 Å². The van der Waals surface area contributed by atoms with Gasteiger partial charge in [-0.25, -0.2) is 0 Å². The topological polar surface area (TPSA) is 70.1 Å². The molecule has 1 aliphatic heterocycles. The molecule has 2 rings (SSSR count). The minimum atomic E-state index is -0.455. The molecule has 0 aliphatic carbocycles. The number of aryl methyl sites for hydroxylation is 1. The minimum Gasteiger partial charge on any atom is -0.381 e. The van der Waals surface area contributed by atoms with E-state index in [1.807, 2.05) is 0 Å². The van der Waals surface area contributed by atoms with Gasteiger partial charge in [-0.3, -0.25) is 9.48 Å². The fourth-order valence-electron chi connectivity index (χ4n) is 2.47. The Morgan fingerprint density at radius 1 is 1.56 bits per heavy atom. The quantitative estimate of drug-likeness (QED) is 0.799. The molecule has 100 valence electrons. The van der Waals surface area contributed by atoms with E-state index in [9.17, 15) is 4.79 Å². The van der Waals surface area contributed by atoms with E-state index in [-0.39, 0.29) is 5.78 Å². The Labute approximate surface area is 107 Å². The predicted molar refractivity (Wildman–Crippen MR) is 68.4 cm³/mol. The van der Waals surface area contributed by atoms with Crippen LogP contribution in [0.5, 0.6) is 0 Å². The Morgan fingerprint density at radius 2 is 2.28 bits per heavy atom. The van der Waals surface area contributed by atoms with Crippen molar-refractivity contribution in [3.63, 3.8) is 0 Å². The summed E-state index contributed by atoms with van der Waals surface area (Å²) in [4.78, 5) is 12.7. The molecule has 1 saturated heterocycles. The highest BCUT2D eigenvalue weighted by Gasteiger charge is 2.40. The summed E-state index contributed by atoms with van der Waals surface area (Å²) in [5.74, 6) is 0.124. The average molecular weight is 251 g/mol. The van der Waals surface area contributed by atoms with Crippen LogP contribution in [0, 0.1) is 5.41 Å². The first-order chi connectivity index (χ1) is 8.73. The molecule has 0 aromatic carbocycles. The van der Waals surface area contributed by atoms with Gasteiger partial charge in [0.2, 0.25) is 0 Å². The molecule has 2 N–H and O–H groups in total. The van der Waals surface area contributed by atoms with E-state index in [1.165, 1.54) is 0 Å². The summed E-state index contributed by atoms with van der Waals surface area (Å²) in [6, 6.07) is 1.80. The predicted octanol–water partition coefficient (Wildman–Crippen LogP) is 1.23. The lowest BCUT2D eigenvalue weighted by Crippen LogP contribution is -2.44. The van der Waals surface area contributed by atoms with E-state index >= 15 is 0 Å². The summed E-state index contributed by atoms with van der Waals surface area (Å²) in [6.45, 7) is 4.45. The maximum atomic E-state index is 12.7. The standard InChI is InChI=1S/C13H21N3O2/c1-2-7-16-11(3-6-15-16)12(17)13(10-14)4-8-18-9-5-13/h3,6H,2,4-5,7-10,14H2,1H3. The summed E-state index contributed by atoms with van der Waals surface area (Å²) in [5.41, 5.74) is 6.09. The molecule has 0 amide bonds. The van der Waals surface area contributed by atoms with Crippen LogP contribution in [0.4, 0.5) is 0 Å². The molecule has 0 spiro atoms. The van der Waals surface area contributed by atoms with Crippen molar-refractivity contribution in [1.82, 2.24) is 9.78 Å². The van der Waals surface area contributed by atoms with E-state index in [1.54, 1.807) is 16.9 Å². The third-order valence-electron chi connectivity index (χ3n) is 3.71. The Bertz CT molecular complexity index is 408. The van der Waals surface area contributed by atoms with Crippen molar-refractivity contribution < 1.29 is 9.53 Å². The van der Waals surface area contributed by atoms with Crippen molar-refractivity contribution in [2.45, 2.75) is 32.7 Å². The van der Waals surface area contributed by atoms with Crippen LogP contribution in [0.2, 0.25) is 0 Å². The Balaban J connectivity index is 2.25. The number of carbonyl (C=O) groups excluding carboxylic acids is 1. The second-order valence-electron chi connectivity index (χ2n) is 4.87. The molecule has 1 aromatic rings. The van der Waals surface area contributed by atoms with E-state index in [0.29, 0.717) is 38.3 Å². The van der Waals surface area contributed by atoms with Crippen LogP contribution in [0.15, 0.2) is 12.3 Å². The third kappa shape index (κ3) is 2.33. The highest BCUT2D eigenvalue weighted by molar-refractivity contribution is 5.99. The third-order valence-corrected chi connectivity index (χ3v) is 3.71. The van der Waals surface area contributed by atoms with Gasteiger partial charge in [0.15, 0.2) is 5.78 Å². The lowest BCUT2D eigenvalue weighted by atomic mass is 9.75. The first-order valence-corrected chi connectivity index (χ1v) is 6.58. The molecule has 0 radical (unpaired) electrons. The molecule has 5 nitrogen and oxygen atoms in total. The summed E-state index contributed by atoms with van der Waals surface area (Å²) >= 11 is 0. The molecule has 2 heterocycles. The first-order valence-electron chi connectivity index (χ1n) is 6.58. The van der Waals surface area contributed by atoms with Crippen LogP contribution in [-0.4, -0.2) is 35.3 Å². The van der Waals surface area contributed by atoms with Gasteiger partial charge in [0.05, 0.1) is 5.41 Å². The number of carbonyl (C=O) groups is 1. The Kier molecular flexibility index (Phi) is 4.14. The van der Waals surface area contributed by atoms with E-state index in [0.717, 1.165) is 13.0 Å². The zero-order chi connectivity index (χ0) is 13.0. The van der Waals surface area contributed by atoms with Crippen molar-refractivity contribution in [1.29, 1.82) is 0 Å². The summed E-state index contributed by atoms with van der Waals surface area (Å²) < 4.78 is 7.13. The number of Topliss-reactive ketones (excluding diaryl/α,β-unsaturated/α-hetero) is 1. The SMILES string of the molecule is CCCn1nccc1C(=O)C1(CN)CCOCC1. The smallest absolute Gasteiger partial charge is 0.188 e. The van der Waals surface area contributed by atoms with Gasteiger partial charge in [0.1, 0.15) is 5.69 Å². The average Bonchev–Trinajstić information content (AvgIpc) is 2.87. The molecule has 0 unspecified atom stereocenters. The number of nitrogens with two attached hydrogens (primary N) is 1.